The Morgan fingerprint density at radius 3 is 2.62 bits per heavy atom. The van der Waals surface area contributed by atoms with Crippen LogP contribution in [0.2, 0.25) is 0 Å². The first-order valence-corrected chi connectivity index (χ1v) is 13.9. The quantitative estimate of drug-likeness (QED) is 0.225. The zero-order chi connectivity index (χ0) is 26.7. The van der Waals surface area contributed by atoms with E-state index in [2.05, 4.69) is 22.5 Å². The van der Waals surface area contributed by atoms with Crippen LogP contribution in [0.3, 0.4) is 0 Å². The summed E-state index contributed by atoms with van der Waals surface area (Å²) in [7, 11) is 1.63. The minimum absolute atomic E-state index is 0.0358. The molecule has 2 atom stereocenters. The number of halogens is 2. The Balaban J connectivity index is 1.64. The van der Waals surface area contributed by atoms with Gasteiger partial charge in [0.05, 0.1) is 6.54 Å². The predicted molar refractivity (Wildman–Crippen MR) is 149 cm³/mol. The number of nitrogens with zero attached hydrogens (tertiary/aromatic N) is 2. The van der Waals surface area contributed by atoms with Crippen LogP contribution >= 0.6 is 9.24 Å². The largest absolute Gasteiger partial charge is 0.370 e. The molecule has 2 aromatic rings. The summed E-state index contributed by atoms with van der Waals surface area (Å²) in [6.07, 6.45) is 5.68. The van der Waals surface area contributed by atoms with E-state index in [4.69, 9.17) is 5.41 Å². The van der Waals surface area contributed by atoms with Gasteiger partial charge >= 0.3 is 0 Å². The molecule has 1 aromatic carbocycles. The lowest BCUT2D eigenvalue weighted by Crippen LogP contribution is -2.36. The molecular formula is C28H38F2N5OP. The molecule has 2 aliphatic rings. The Kier molecular flexibility index (Phi) is 8.59. The van der Waals surface area contributed by atoms with Crippen LogP contribution in [0.4, 0.5) is 20.4 Å². The molecule has 1 aliphatic heterocycles. The van der Waals surface area contributed by atoms with Crippen LogP contribution in [-0.4, -0.2) is 29.2 Å². The van der Waals surface area contributed by atoms with Gasteiger partial charge in [-0.15, -0.1) is 0 Å². The molecule has 1 amide bonds. The van der Waals surface area contributed by atoms with Gasteiger partial charge in [0.15, 0.2) is 0 Å². The van der Waals surface area contributed by atoms with Gasteiger partial charge in [-0.05, 0) is 80.0 Å². The maximum Gasteiger partial charge on any atom is 0.284 e. The highest BCUT2D eigenvalue weighted by Gasteiger charge is 2.38. The molecule has 1 saturated carbocycles. The standard InChI is InChI=1S/C28H38F2N5OP/c1-4-7-21(31)10-18-13-25(32-5-2)34-26(14-18)35-16-23-22(27(35)36)11-19(12-24(23)28(29,30)37)15-33-17(3)20-8-6-9-20/h11-14,17,20,31,33H,4-10,15-16,37H2,1-3H3,(H,32,34). The van der Waals surface area contributed by atoms with Crippen LogP contribution in [0.1, 0.15) is 85.5 Å². The van der Waals surface area contributed by atoms with Crippen molar-refractivity contribution in [1.29, 1.82) is 5.41 Å². The maximum atomic E-state index is 14.7. The highest BCUT2D eigenvalue weighted by molar-refractivity contribution is 7.17. The number of amides is 1. The molecule has 1 aliphatic carbocycles. The molecule has 6 nitrogen and oxygen atoms in total. The molecule has 37 heavy (non-hydrogen) atoms. The Bertz CT molecular complexity index is 1160. The number of alkyl halides is 2. The van der Waals surface area contributed by atoms with Crippen LogP contribution in [0.15, 0.2) is 24.3 Å². The molecule has 4 rings (SSSR count). The average Bonchev–Trinajstić information content (AvgIpc) is 3.12. The summed E-state index contributed by atoms with van der Waals surface area (Å²) in [5, 5.41) is 14.9. The lowest BCUT2D eigenvalue weighted by atomic mass is 9.80. The third-order valence-corrected chi connectivity index (χ3v) is 7.73. The fourth-order valence-corrected chi connectivity index (χ4v) is 5.42. The lowest BCUT2D eigenvalue weighted by molar-refractivity contribution is 0.0996. The molecule has 200 valence electrons. The highest BCUT2D eigenvalue weighted by atomic mass is 31.0. The van der Waals surface area contributed by atoms with Gasteiger partial charge in [0.25, 0.3) is 11.6 Å². The number of hydrogen-bond acceptors (Lipinski definition) is 5. The van der Waals surface area contributed by atoms with E-state index in [1.165, 1.54) is 30.2 Å². The number of hydrogen-bond donors (Lipinski definition) is 3. The van der Waals surface area contributed by atoms with E-state index in [0.29, 0.717) is 71.9 Å². The van der Waals surface area contributed by atoms with Gasteiger partial charge < -0.3 is 16.0 Å². The van der Waals surface area contributed by atoms with Crippen LogP contribution in [0.5, 0.6) is 0 Å². The third-order valence-electron chi connectivity index (χ3n) is 7.42. The van der Waals surface area contributed by atoms with E-state index in [9.17, 15) is 13.6 Å². The van der Waals surface area contributed by atoms with Crippen LogP contribution in [-0.2, 0) is 25.2 Å². The molecule has 1 aromatic heterocycles. The summed E-state index contributed by atoms with van der Waals surface area (Å²) in [4.78, 5) is 19.7. The number of anilines is 2. The van der Waals surface area contributed by atoms with Gasteiger partial charge in [-0.2, -0.15) is 8.78 Å². The Morgan fingerprint density at radius 1 is 1.24 bits per heavy atom. The number of carbonyl (C=O) groups excluding carboxylic acids is 1. The first kappa shape index (κ1) is 27.6. The molecular weight excluding hydrogens is 491 g/mol. The van der Waals surface area contributed by atoms with Gasteiger partial charge in [0, 0.05) is 42.4 Å². The molecule has 0 spiro atoms. The number of pyridine rings is 1. The van der Waals surface area contributed by atoms with E-state index < -0.39 is 5.66 Å². The molecule has 2 heterocycles. The molecule has 1 fully saturated rings. The summed E-state index contributed by atoms with van der Waals surface area (Å²) in [6.45, 7) is 7.25. The second-order valence-corrected chi connectivity index (χ2v) is 11.0. The average molecular weight is 530 g/mol. The van der Waals surface area contributed by atoms with E-state index in [1.807, 2.05) is 19.9 Å². The fourth-order valence-electron chi connectivity index (χ4n) is 5.16. The number of rotatable bonds is 12. The normalized spacial score (nSPS) is 16.5. The molecule has 9 heteroatoms. The van der Waals surface area contributed by atoms with Crippen molar-refractivity contribution in [2.24, 2.45) is 5.92 Å². The van der Waals surface area contributed by atoms with Gasteiger partial charge in [0.1, 0.15) is 11.6 Å². The van der Waals surface area contributed by atoms with Gasteiger partial charge in [0.2, 0.25) is 0 Å². The number of aromatic nitrogens is 1. The van der Waals surface area contributed by atoms with Crippen molar-refractivity contribution in [1.82, 2.24) is 10.3 Å². The summed E-state index contributed by atoms with van der Waals surface area (Å²) < 4.78 is 29.5. The van der Waals surface area contributed by atoms with E-state index in [1.54, 1.807) is 21.4 Å². The Labute approximate surface area is 220 Å². The molecule has 0 bridgehead atoms. The van der Waals surface area contributed by atoms with Crippen molar-refractivity contribution in [3.05, 3.63) is 52.1 Å². The lowest BCUT2D eigenvalue weighted by Gasteiger charge is -2.32. The topological polar surface area (TPSA) is 81.1 Å². The van der Waals surface area contributed by atoms with Crippen LogP contribution in [0, 0.1) is 11.3 Å². The monoisotopic (exact) mass is 529 g/mol. The van der Waals surface area contributed by atoms with Crippen molar-refractivity contribution >= 4 is 32.5 Å². The maximum absolute atomic E-state index is 14.7. The van der Waals surface area contributed by atoms with Gasteiger partial charge in [-0.25, -0.2) is 4.98 Å². The Hall–Kier alpha value is -2.44. The van der Waals surface area contributed by atoms with Gasteiger partial charge in [-0.1, -0.05) is 29.0 Å². The van der Waals surface area contributed by atoms with Crippen molar-refractivity contribution in [3.63, 3.8) is 0 Å². The summed E-state index contributed by atoms with van der Waals surface area (Å²) in [5.41, 5.74) is -0.478. The van der Waals surface area contributed by atoms with Crippen molar-refractivity contribution in [2.45, 2.75) is 84.1 Å². The van der Waals surface area contributed by atoms with Crippen molar-refractivity contribution in [3.8, 4) is 0 Å². The number of fused-ring (bicyclic) bond motifs is 1. The van der Waals surface area contributed by atoms with Crippen LogP contribution in [0.25, 0.3) is 0 Å². The minimum Gasteiger partial charge on any atom is -0.370 e. The number of carbonyl (C=O) groups is 1. The van der Waals surface area contributed by atoms with E-state index in [-0.39, 0.29) is 18.0 Å². The molecule has 2 unspecified atom stereocenters. The van der Waals surface area contributed by atoms with E-state index >= 15 is 0 Å². The first-order chi connectivity index (χ1) is 17.6. The third kappa shape index (κ3) is 6.35. The summed E-state index contributed by atoms with van der Waals surface area (Å²) in [6, 6.07) is 7.28. The second kappa shape index (κ2) is 11.5. The first-order valence-electron chi connectivity index (χ1n) is 13.3. The van der Waals surface area contributed by atoms with Crippen molar-refractivity contribution < 1.29 is 13.6 Å². The minimum atomic E-state index is -3.16. The van der Waals surface area contributed by atoms with Crippen LogP contribution < -0.4 is 15.5 Å². The molecule has 0 saturated heterocycles. The number of nitrogens with one attached hydrogen (secondary N) is 3. The van der Waals surface area contributed by atoms with E-state index in [0.717, 1.165) is 12.0 Å². The summed E-state index contributed by atoms with van der Waals surface area (Å²) in [5.74, 6) is 1.32. The Morgan fingerprint density at radius 2 is 2.00 bits per heavy atom. The fraction of sp³-hybridized carbons (Fsp3) is 0.536. The highest BCUT2D eigenvalue weighted by Crippen LogP contribution is 2.42. The SMILES string of the molecule is CCCC(=N)Cc1cc(NCC)nc(N2Cc3c(cc(CNC(C)C4CCC4)cc3C(F)(F)P)C2=O)c1. The zero-order valence-corrected chi connectivity index (χ0v) is 23.1. The zero-order valence-electron chi connectivity index (χ0n) is 22.0. The summed E-state index contributed by atoms with van der Waals surface area (Å²) >= 11 is 0. The molecule has 3 N–H and O–H groups in total. The van der Waals surface area contributed by atoms with Crippen molar-refractivity contribution in [2.75, 3.05) is 16.8 Å². The number of benzene rings is 1. The second-order valence-electron chi connectivity index (χ2n) is 10.3. The van der Waals surface area contributed by atoms with Gasteiger partial charge in [-0.3, -0.25) is 9.69 Å². The molecule has 0 radical (unpaired) electrons. The smallest absolute Gasteiger partial charge is 0.284 e. The predicted octanol–water partition coefficient (Wildman–Crippen LogP) is 6.24.